The maximum atomic E-state index is 12.1. The van der Waals surface area contributed by atoms with Crippen molar-refractivity contribution in [3.05, 3.63) is 34.6 Å². The summed E-state index contributed by atoms with van der Waals surface area (Å²) < 4.78 is 7.53. The van der Waals surface area contributed by atoms with Gasteiger partial charge < -0.3 is 14.4 Å². The molecule has 1 amide bonds. The van der Waals surface area contributed by atoms with Gasteiger partial charge in [0.2, 0.25) is 6.39 Å². The lowest BCUT2D eigenvalue weighted by Gasteiger charge is -2.07. The van der Waals surface area contributed by atoms with Crippen molar-refractivity contribution in [3.8, 4) is 0 Å². The molecule has 1 aliphatic carbocycles. The molecule has 1 aliphatic rings. The van der Waals surface area contributed by atoms with E-state index in [0.717, 1.165) is 17.3 Å². The van der Waals surface area contributed by atoms with E-state index in [9.17, 15) is 4.79 Å². The average Bonchev–Trinajstić information content (AvgIpc) is 2.92. The number of hydrogen-bond acceptors (Lipinski definition) is 4. The fourth-order valence-corrected chi connectivity index (χ4v) is 2.24. The number of hydrogen-bond donors (Lipinski definition) is 1. The summed E-state index contributed by atoms with van der Waals surface area (Å²) in [5.74, 6) is 0.337. The smallest absolute Gasteiger partial charge is 0.268 e. The van der Waals surface area contributed by atoms with Crippen molar-refractivity contribution in [2.75, 3.05) is 0 Å². The maximum absolute atomic E-state index is 12.1. The largest absolute Gasteiger partial charge is 0.343 e. The number of carbonyl (C=O) groups is 1. The minimum atomic E-state index is -0.127. The number of nitrogens with one attached hydrogen (secondary N) is 1. The van der Waals surface area contributed by atoms with Gasteiger partial charge in [0.25, 0.3) is 5.91 Å². The Hall–Kier alpha value is -1.63. The molecule has 0 bridgehead atoms. The van der Waals surface area contributed by atoms with Crippen LogP contribution in [0.1, 0.15) is 35.2 Å². The van der Waals surface area contributed by atoms with Crippen molar-refractivity contribution in [3.63, 3.8) is 0 Å². The molecular formula is C11H11BrN4O2. The molecule has 0 aliphatic heterocycles. The van der Waals surface area contributed by atoms with E-state index in [1.54, 1.807) is 0 Å². The van der Waals surface area contributed by atoms with Crippen LogP contribution in [0.3, 0.4) is 0 Å². The Labute approximate surface area is 111 Å². The number of halogens is 1. The highest BCUT2D eigenvalue weighted by molar-refractivity contribution is 9.10. The first-order chi connectivity index (χ1) is 8.74. The SMILES string of the molecule is O=C(NCc1ncon1)c1cc(Br)cn1C1CC1. The van der Waals surface area contributed by atoms with Crippen molar-refractivity contribution in [1.29, 1.82) is 0 Å². The van der Waals surface area contributed by atoms with Gasteiger partial charge in [-0.05, 0) is 34.8 Å². The van der Waals surface area contributed by atoms with E-state index in [2.05, 4.69) is 35.9 Å². The summed E-state index contributed by atoms with van der Waals surface area (Å²) in [6, 6.07) is 2.28. The van der Waals surface area contributed by atoms with E-state index in [1.807, 2.05) is 16.8 Å². The summed E-state index contributed by atoms with van der Waals surface area (Å²) in [6.45, 7) is 0.267. The molecule has 18 heavy (non-hydrogen) atoms. The highest BCUT2D eigenvalue weighted by atomic mass is 79.9. The van der Waals surface area contributed by atoms with E-state index in [4.69, 9.17) is 0 Å². The Morgan fingerprint density at radius 2 is 2.44 bits per heavy atom. The van der Waals surface area contributed by atoms with Gasteiger partial charge >= 0.3 is 0 Å². The Bertz CT molecular complexity index is 560. The zero-order chi connectivity index (χ0) is 12.5. The van der Waals surface area contributed by atoms with Crippen LogP contribution in [0.25, 0.3) is 0 Å². The monoisotopic (exact) mass is 310 g/mol. The van der Waals surface area contributed by atoms with Crippen LogP contribution in [-0.4, -0.2) is 20.6 Å². The summed E-state index contributed by atoms with van der Waals surface area (Å²) >= 11 is 3.40. The minimum absolute atomic E-state index is 0.127. The number of aromatic nitrogens is 3. The lowest BCUT2D eigenvalue weighted by molar-refractivity contribution is 0.0940. The molecule has 94 valence electrons. The second kappa shape index (κ2) is 4.56. The van der Waals surface area contributed by atoms with Gasteiger partial charge in [0.1, 0.15) is 5.69 Å². The topological polar surface area (TPSA) is 73.0 Å². The standard InChI is InChI=1S/C11H11BrN4O2/c12-7-3-9(16(5-7)8-1-2-8)11(17)13-4-10-14-6-18-15-10/h3,5-6,8H,1-2,4H2,(H,13,17). The van der Waals surface area contributed by atoms with Crippen molar-refractivity contribution in [2.24, 2.45) is 0 Å². The molecule has 3 rings (SSSR count). The zero-order valence-electron chi connectivity index (χ0n) is 9.47. The predicted molar refractivity (Wildman–Crippen MR) is 65.9 cm³/mol. The fourth-order valence-electron chi connectivity index (χ4n) is 1.80. The number of nitrogens with zero attached hydrogens (tertiary/aromatic N) is 3. The van der Waals surface area contributed by atoms with Crippen LogP contribution in [0.5, 0.6) is 0 Å². The molecule has 2 heterocycles. The molecule has 1 fully saturated rings. The zero-order valence-corrected chi connectivity index (χ0v) is 11.1. The van der Waals surface area contributed by atoms with E-state index in [1.165, 1.54) is 6.39 Å². The molecule has 0 saturated heterocycles. The van der Waals surface area contributed by atoms with Gasteiger partial charge in [-0.3, -0.25) is 4.79 Å². The van der Waals surface area contributed by atoms with Gasteiger partial charge in [0.15, 0.2) is 5.82 Å². The normalized spacial score (nSPS) is 14.7. The van der Waals surface area contributed by atoms with E-state index < -0.39 is 0 Å². The molecule has 2 aromatic heterocycles. The summed E-state index contributed by atoms with van der Waals surface area (Å²) in [6.07, 6.45) is 5.45. The van der Waals surface area contributed by atoms with Gasteiger partial charge in [-0.25, -0.2) is 0 Å². The lowest BCUT2D eigenvalue weighted by Crippen LogP contribution is -2.25. The van der Waals surface area contributed by atoms with Gasteiger partial charge in [-0.15, -0.1) is 0 Å². The first-order valence-corrected chi connectivity index (χ1v) is 6.44. The Morgan fingerprint density at radius 3 is 3.11 bits per heavy atom. The Morgan fingerprint density at radius 1 is 1.61 bits per heavy atom. The van der Waals surface area contributed by atoms with E-state index >= 15 is 0 Å². The van der Waals surface area contributed by atoms with Crippen molar-refractivity contribution in [2.45, 2.75) is 25.4 Å². The predicted octanol–water partition coefficient (Wildman–Crippen LogP) is 1.90. The van der Waals surface area contributed by atoms with Crippen molar-refractivity contribution in [1.82, 2.24) is 20.0 Å². The second-order valence-corrected chi connectivity index (χ2v) is 5.13. The number of amides is 1. The molecule has 0 aromatic carbocycles. The quantitative estimate of drug-likeness (QED) is 0.936. The molecule has 2 aromatic rings. The van der Waals surface area contributed by atoms with Gasteiger partial charge in [0, 0.05) is 16.7 Å². The molecular weight excluding hydrogens is 300 g/mol. The summed E-state index contributed by atoms with van der Waals surface area (Å²) in [7, 11) is 0. The average molecular weight is 311 g/mol. The minimum Gasteiger partial charge on any atom is -0.343 e. The molecule has 1 N–H and O–H groups in total. The van der Waals surface area contributed by atoms with Crippen LogP contribution < -0.4 is 5.32 Å². The van der Waals surface area contributed by atoms with Gasteiger partial charge in [-0.2, -0.15) is 4.98 Å². The maximum Gasteiger partial charge on any atom is 0.268 e. The molecule has 0 unspecified atom stereocenters. The molecule has 0 atom stereocenters. The molecule has 0 spiro atoms. The third-order valence-electron chi connectivity index (χ3n) is 2.80. The van der Waals surface area contributed by atoms with Crippen LogP contribution in [-0.2, 0) is 6.54 Å². The first-order valence-electron chi connectivity index (χ1n) is 5.65. The molecule has 6 nitrogen and oxygen atoms in total. The highest BCUT2D eigenvalue weighted by Gasteiger charge is 2.27. The lowest BCUT2D eigenvalue weighted by atomic mass is 10.4. The Kier molecular flexibility index (Phi) is 2.91. The van der Waals surface area contributed by atoms with Gasteiger partial charge in [-0.1, -0.05) is 5.16 Å². The van der Waals surface area contributed by atoms with Crippen LogP contribution in [0.4, 0.5) is 0 Å². The third kappa shape index (κ3) is 2.31. The molecule has 7 heteroatoms. The van der Waals surface area contributed by atoms with Crippen LogP contribution >= 0.6 is 15.9 Å². The van der Waals surface area contributed by atoms with Crippen LogP contribution in [0, 0.1) is 0 Å². The number of rotatable bonds is 4. The third-order valence-corrected chi connectivity index (χ3v) is 3.24. The van der Waals surface area contributed by atoms with Crippen LogP contribution in [0.2, 0.25) is 0 Å². The molecule has 0 radical (unpaired) electrons. The van der Waals surface area contributed by atoms with Crippen molar-refractivity contribution >= 4 is 21.8 Å². The van der Waals surface area contributed by atoms with E-state index in [-0.39, 0.29) is 12.5 Å². The number of carbonyl (C=O) groups excluding carboxylic acids is 1. The summed E-state index contributed by atoms with van der Waals surface area (Å²) in [5.41, 5.74) is 0.660. The van der Waals surface area contributed by atoms with Crippen molar-refractivity contribution < 1.29 is 9.32 Å². The first kappa shape index (κ1) is 11.5. The van der Waals surface area contributed by atoms with Gasteiger partial charge in [0.05, 0.1) is 6.54 Å². The summed E-state index contributed by atoms with van der Waals surface area (Å²) in [5, 5.41) is 6.41. The fraction of sp³-hybridized carbons (Fsp3) is 0.364. The van der Waals surface area contributed by atoms with Crippen LogP contribution in [0.15, 0.2) is 27.7 Å². The Balaban J connectivity index is 1.71. The highest BCUT2D eigenvalue weighted by Crippen LogP contribution is 2.37. The molecule has 1 saturated carbocycles. The second-order valence-electron chi connectivity index (χ2n) is 4.21. The van der Waals surface area contributed by atoms with E-state index in [0.29, 0.717) is 17.6 Å². The summed E-state index contributed by atoms with van der Waals surface area (Å²) in [4.78, 5) is 15.9.